The lowest BCUT2D eigenvalue weighted by atomic mass is 9.96. The number of β-amino-alcohol motifs (C(OH)–C–C–N with tert-alkyl or cyclic N) is 1. The van der Waals surface area contributed by atoms with E-state index in [4.69, 9.17) is 9.40 Å². The maximum absolute atomic E-state index is 13.1. The number of hydrogen-bond acceptors (Lipinski definition) is 10. The number of aryl methyl sites for hydroxylation is 1. The van der Waals surface area contributed by atoms with E-state index in [9.17, 15) is 9.90 Å². The number of nitrogens with zero attached hydrogens (tertiary/aromatic N) is 7. The number of aromatic nitrogens is 6. The van der Waals surface area contributed by atoms with Crippen LogP contribution in [0.1, 0.15) is 67.9 Å². The molecule has 1 aliphatic heterocycles. The Bertz CT molecular complexity index is 1470. The first-order valence-electron chi connectivity index (χ1n) is 13.5. The number of fused-ring (bicyclic) bond motifs is 1. The van der Waals surface area contributed by atoms with E-state index in [-0.39, 0.29) is 24.0 Å². The van der Waals surface area contributed by atoms with Gasteiger partial charge in [-0.05, 0) is 36.6 Å². The van der Waals surface area contributed by atoms with Crippen molar-refractivity contribution in [3.63, 3.8) is 0 Å². The summed E-state index contributed by atoms with van der Waals surface area (Å²) in [4.78, 5) is 24.3. The van der Waals surface area contributed by atoms with E-state index in [1.54, 1.807) is 12.4 Å². The summed E-state index contributed by atoms with van der Waals surface area (Å²) in [6.45, 7) is 10.6. The molecule has 12 heteroatoms. The molecule has 0 fully saturated rings. The molecule has 0 saturated heterocycles. The van der Waals surface area contributed by atoms with Crippen molar-refractivity contribution in [1.82, 2.24) is 40.2 Å². The third-order valence-electron chi connectivity index (χ3n) is 6.79. The van der Waals surface area contributed by atoms with Crippen LogP contribution in [0, 0.1) is 0 Å². The van der Waals surface area contributed by atoms with Gasteiger partial charge in [-0.1, -0.05) is 32.9 Å². The molecule has 4 heterocycles. The lowest BCUT2D eigenvalue weighted by Crippen LogP contribution is -2.31. The minimum atomic E-state index is -0.406. The first-order chi connectivity index (χ1) is 19.2. The number of aliphatic hydroxyl groups is 1. The highest BCUT2D eigenvalue weighted by Crippen LogP contribution is 2.31. The average molecular weight is 546 g/mol. The Balaban J connectivity index is 1.40. The van der Waals surface area contributed by atoms with Crippen molar-refractivity contribution in [2.45, 2.75) is 58.7 Å². The van der Waals surface area contributed by atoms with Gasteiger partial charge in [0, 0.05) is 49.6 Å². The van der Waals surface area contributed by atoms with Crippen LogP contribution in [0.5, 0.6) is 0 Å². The van der Waals surface area contributed by atoms with E-state index in [1.807, 2.05) is 56.8 Å². The molecule has 0 aliphatic carbocycles. The predicted octanol–water partition coefficient (Wildman–Crippen LogP) is 3.45. The normalized spacial score (nSPS) is 15.9. The van der Waals surface area contributed by atoms with Gasteiger partial charge in [-0.2, -0.15) is 5.10 Å². The second-order valence-corrected chi connectivity index (χ2v) is 10.9. The highest BCUT2D eigenvalue weighted by Gasteiger charge is 2.28. The molecule has 1 aromatic carbocycles. The quantitative estimate of drug-likeness (QED) is 0.301. The highest BCUT2D eigenvalue weighted by molar-refractivity contribution is 5.89. The van der Waals surface area contributed by atoms with Gasteiger partial charge < -0.3 is 20.2 Å². The zero-order chi connectivity index (χ0) is 28.3. The monoisotopic (exact) mass is 545 g/mol. The lowest BCUT2D eigenvalue weighted by molar-refractivity contribution is 0.0893. The van der Waals surface area contributed by atoms with Crippen molar-refractivity contribution in [3.8, 4) is 11.3 Å². The second-order valence-electron chi connectivity index (χ2n) is 10.9. The molecule has 1 atom stereocenters. The second kappa shape index (κ2) is 11.5. The van der Waals surface area contributed by atoms with E-state index in [0.717, 1.165) is 34.6 Å². The van der Waals surface area contributed by atoms with Gasteiger partial charge in [0.1, 0.15) is 0 Å². The van der Waals surface area contributed by atoms with Crippen LogP contribution in [0.25, 0.3) is 11.3 Å². The van der Waals surface area contributed by atoms with E-state index in [0.29, 0.717) is 37.9 Å². The van der Waals surface area contributed by atoms with E-state index >= 15 is 0 Å². The number of benzene rings is 1. The summed E-state index contributed by atoms with van der Waals surface area (Å²) in [5, 5.41) is 28.2. The SMILES string of the molecule is CCn1cc(Nc2nccc(-c3ccc4c(c3)CN(CCO)CC[C@H]4NC(=O)c3nnc(C(C)(C)C)o3)n2)cn1. The van der Waals surface area contributed by atoms with Crippen LogP contribution in [0.4, 0.5) is 11.6 Å². The first kappa shape index (κ1) is 27.4. The van der Waals surface area contributed by atoms with Gasteiger partial charge in [0.2, 0.25) is 11.8 Å². The molecule has 1 aliphatic rings. The highest BCUT2D eigenvalue weighted by atomic mass is 16.4. The Labute approximate surface area is 232 Å². The summed E-state index contributed by atoms with van der Waals surface area (Å²) < 4.78 is 7.49. The van der Waals surface area contributed by atoms with E-state index < -0.39 is 5.91 Å². The van der Waals surface area contributed by atoms with Gasteiger partial charge >= 0.3 is 11.8 Å². The van der Waals surface area contributed by atoms with Crippen LogP contribution in [0.15, 0.2) is 47.3 Å². The average Bonchev–Trinajstić information content (AvgIpc) is 3.58. The minimum absolute atomic E-state index is 0.0509. The van der Waals surface area contributed by atoms with E-state index in [1.165, 1.54) is 0 Å². The largest absolute Gasteiger partial charge is 0.416 e. The van der Waals surface area contributed by atoms with Crippen molar-refractivity contribution in [2.75, 3.05) is 25.0 Å². The molecule has 4 aromatic rings. The fourth-order valence-electron chi connectivity index (χ4n) is 4.66. The van der Waals surface area contributed by atoms with Gasteiger partial charge in [0.25, 0.3) is 0 Å². The summed E-state index contributed by atoms with van der Waals surface area (Å²) in [6.07, 6.45) is 6.04. The number of amides is 1. The molecule has 40 heavy (non-hydrogen) atoms. The van der Waals surface area contributed by atoms with Crippen molar-refractivity contribution >= 4 is 17.5 Å². The molecular formula is C28H35N9O3. The first-order valence-corrected chi connectivity index (χ1v) is 13.5. The number of nitrogens with one attached hydrogen (secondary N) is 2. The number of anilines is 2. The molecule has 3 aromatic heterocycles. The Morgan fingerprint density at radius 3 is 2.80 bits per heavy atom. The Morgan fingerprint density at radius 1 is 1.23 bits per heavy atom. The van der Waals surface area contributed by atoms with Gasteiger partial charge in [-0.15, -0.1) is 10.2 Å². The van der Waals surface area contributed by atoms with Crippen molar-refractivity contribution in [1.29, 1.82) is 0 Å². The third kappa shape index (κ3) is 6.18. The molecule has 0 radical (unpaired) electrons. The summed E-state index contributed by atoms with van der Waals surface area (Å²) in [6, 6.07) is 7.74. The summed E-state index contributed by atoms with van der Waals surface area (Å²) in [7, 11) is 0. The minimum Gasteiger partial charge on any atom is -0.416 e. The Hall–Kier alpha value is -4.16. The van der Waals surface area contributed by atoms with Crippen LogP contribution >= 0.6 is 0 Å². The Morgan fingerprint density at radius 2 is 2.08 bits per heavy atom. The number of hydrogen-bond donors (Lipinski definition) is 3. The van der Waals surface area contributed by atoms with Gasteiger partial charge in [-0.3, -0.25) is 14.4 Å². The molecule has 12 nitrogen and oxygen atoms in total. The van der Waals surface area contributed by atoms with Crippen LogP contribution < -0.4 is 10.6 Å². The molecule has 3 N–H and O–H groups in total. The maximum atomic E-state index is 13.1. The standard InChI is InChI=1S/C28H35N9O3/c1-5-37-17-20(15-30-37)31-27-29-10-8-22(33-27)18-6-7-21-19(14-18)16-36(12-13-38)11-9-23(21)32-24(39)25-34-35-26(40-25)28(2,3)4/h6-8,10,14-15,17,23,38H,5,9,11-13,16H2,1-4H3,(H,32,39)(H,29,31,33)/t23-/m1/s1. The molecule has 0 spiro atoms. The number of rotatable bonds is 8. The molecule has 5 rings (SSSR count). The van der Waals surface area contributed by atoms with E-state index in [2.05, 4.69) is 41.9 Å². The van der Waals surface area contributed by atoms with Gasteiger partial charge in [0.05, 0.1) is 30.2 Å². The van der Waals surface area contributed by atoms with Crippen molar-refractivity contribution < 1.29 is 14.3 Å². The molecule has 210 valence electrons. The summed E-state index contributed by atoms with van der Waals surface area (Å²) >= 11 is 0. The number of carbonyl (C=O) groups is 1. The Kier molecular flexibility index (Phi) is 7.90. The molecule has 0 saturated carbocycles. The fraction of sp³-hybridized carbons (Fsp3) is 0.429. The summed E-state index contributed by atoms with van der Waals surface area (Å²) in [5.74, 6) is 0.432. The fourth-order valence-corrected chi connectivity index (χ4v) is 4.66. The van der Waals surface area contributed by atoms with Crippen LogP contribution in [0.2, 0.25) is 0 Å². The van der Waals surface area contributed by atoms with Crippen molar-refractivity contribution in [2.24, 2.45) is 0 Å². The topological polar surface area (TPSA) is 147 Å². The number of carbonyl (C=O) groups excluding carboxylic acids is 1. The van der Waals surface area contributed by atoms with Gasteiger partial charge in [-0.25, -0.2) is 9.97 Å². The number of aliphatic hydroxyl groups excluding tert-OH is 1. The smallest absolute Gasteiger partial charge is 0.309 e. The van der Waals surface area contributed by atoms with Crippen LogP contribution in [0.3, 0.4) is 0 Å². The zero-order valence-electron chi connectivity index (χ0n) is 23.3. The molecular weight excluding hydrogens is 510 g/mol. The van der Waals surface area contributed by atoms with Crippen molar-refractivity contribution in [3.05, 3.63) is 65.8 Å². The van der Waals surface area contributed by atoms with Crippen LogP contribution in [-0.4, -0.2) is 65.6 Å². The zero-order valence-corrected chi connectivity index (χ0v) is 23.3. The molecule has 0 bridgehead atoms. The third-order valence-corrected chi connectivity index (χ3v) is 6.79. The molecule has 0 unspecified atom stereocenters. The van der Waals surface area contributed by atoms with Crippen LogP contribution in [-0.2, 0) is 18.5 Å². The maximum Gasteiger partial charge on any atom is 0.309 e. The lowest BCUT2D eigenvalue weighted by Gasteiger charge is -2.19. The molecule has 1 amide bonds. The van der Waals surface area contributed by atoms with Gasteiger partial charge in [0.15, 0.2) is 0 Å². The summed E-state index contributed by atoms with van der Waals surface area (Å²) in [5.41, 5.74) is 4.21. The predicted molar refractivity (Wildman–Crippen MR) is 149 cm³/mol.